The van der Waals surface area contributed by atoms with Gasteiger partial charge in [-0.3, -0.25) is 4.98 Å². The first kappa shape index (κ1) is 14.4. The van der Waals surface area contributed by atoms with E-state index in [1.54, 1.807) is 12.1 Å². The molecule has 0 aliphatic heterocycles. The zero-order valence-corrected chi connectivity index (χ0v) is 12.1. The Morgan fingerprint density at radius 3 is 2.65 bits per heavy atom. The van der Waals surface area contributed by atoms with Crippen molar-refractivity contribution in [1.29, 1.82) is 0 Å². The topological polar surface area (TPSA) is 89.2 Å². The number of nitrogen functional groups attached to an aromatic ring is 1. The molecule has 2 aromatic rings. The molecule has 0 saturated heterocycles. The number of nitrogens with two attached hydrogens (primary N) is 1. The van der Waals surface area contributed by atoms with Crippen LogP contribution in [0.1, 0.15) is 11.4 Å². The molecule has 0 spiro atoms. The van der Waals surface area contributed by atoms with Gasteiger partial charge in [-0.15, -0.1) is 0 Å². The normalized spacial score (nSPS) is 11.8. The van der Waals surface area contributed by atoms with Crippen LogP contribution < -0.4 is 5.73 Å². The lowest BCUT2D eigenvalue weighted by molar-refractivity contribution is 0.462. The molecular formula is C13H16N4O2S. The van der Waals surface area contributed by atoms with E-state index in [0.717, 1.165) is 5.69 Å². The number of hydrogen-bond acceptors (Lipinski definition) is 5. The third-order valence-electron chi connectivity index (χ3n) is 2.82. The summed E-state index contributed by atoms with van der Waals surface area (Å²) < 4.78 is 26.1. The molecule has 0 aliphatic rings. The fourth-order valence-electron chi connectivity index (χ4n) is 1.79. The van der Waals surface area contributed by atoms with Crippen molar-refractivity contribution in [3.05, 3.63) is 47.9 Å². The third-order valence-corrected chi connectivity index (χ3v) is 4.67. The highest BCUT2D eigenvalue weighted by Crippen LogP contribution is 2.20. The fraction of sp³-hybridized carbons (Fsp3) is 0.231. The van der Waals surface area contributed by atoms with Gasteiger partial charge in [0.05, 0.1) is 12.2 Å². The van der Waals surface area contributed by atoms with Crippen molar-refractivity contribution in [2.24, 2.45) is 0 Å². The van der Waals surface area contributed by atoms with Gasteiger partial charge in [0.1, 0.15) is 10.7 Å². The Balaban J connectivity index is 2.29. The van der Waals surface area contributed by atoms with E-state index < -0.39 is 10.0 Å². The van der Waals surface area contributed by atoms with Gasteiger partial charge in [-0.05, 0) is 31.2 Å². The van der Waals surface area contributed by atoms with Crippen LogP contribution in [0.4, 0.5) is 5.82 Å². The van der Waals surface area contributed by atoms with Crippen LogP contribution in [0.15, 0.2) is 41.4 Å². The molecule has 6 nitrogen and oxygen atoms in total. The molecule has 0 aromatic carbocycles. The highest BCUT2D eigenvalue weighted by atomic mass is 32.2. The van der Waals surface area contributed by atoms with E-state index in [2.05, 4.69) is 9.97 Å². The van der Waals surface area contributed by atoms with Gasteiger partial charge < -0.3 is 5.73 Å². The molecule has 106 valence electrons. The van der Waals surface area contributed by atoms with E-state index >= 15 is 0 Å². The minimum absolute atomic E-state index is 0.00319. The molecule has 0 bridgehead atoms. The van der Waals surface area contributed by atoms with Crippen LogP contribution >= 0.6 is 0 Å². The molecule has 20 heavy (non-hydrogen) atoms. The van der Waals surface area contributed by atoms with Crippen LogP contribution in [0.25, 0.3) is 0 Å². The maximum atomic E-state index is 12.4. The van der Waals surface area contributed by atoms with E-state index in [1.165, 1.54) is 23.6 Å². The van der Waals surface area contributed by atoms with Crippen molar-refractivity contribution < 1.29 is 8.42 Å². The molecule has 0 atom stereocenters. The molecule has 2 heterocycles. The zero-order chi connectivity index (χ0) is 14.8. The molecule has 2 rings (SSSR count). The van der Waals surface area contributed by atoms with E-state index in [1.807, 2.05) is 19.1 Å². The van der Waals surface area contributed by atoms with Crippen molar-refractivity contribution in [2.45, 2.75) is 18.4 Å². The summed E-state index contributed by atoms with van der Waals surface area (Å²) in [5.74, 6) is -0.00319. The number of pyridine rings is 2. The highest BCUT2D eigenvalue weighted by Gasteiger charge is 2.24. The van der Waals surface area contributed by atoms with Crippen molar-refractivity contribution in [3.8, 4) is 0 Å². The maximum Gasteiger partial charge on any atom is 0.246 e. The average Bonchev–Trinajstić information content (AvgIpc) is 2.39. The molecule has 2 N–H and O–H groups in total. The van der Waals surface area contributed by atoms with Crippen LogP contribution in [0.2, 0.25) is 0 Å². The highest BCUT2D eigenvalue weighted by molar-refractivity contribution is 7.89. The standard InChI is InChI=1S/C13H16N4O2S/c1-10-5-3-6-11(16-10)9-17(2)20(18,19)12-7-4-8-15-13(12)14/h3-8H,9H2,1-2H3,(H2,14,15). The monoisotopic (exact) mass is 292 g/mol. The molecule has 0 aliphatic carbocycles. The number of aromatic nitrogens is 2. The Labute approximate surface area is 118 Å². The SMILES string of the molecule is Cc1cccc(CN(C)S(=O)(=O)c2cccnc2N)n1. The number of rotatable bonds is 4. The summed E-state index contributed by atoms with van der Waals surface area (Å²) >= 11 is 0. The molecule has 0 unspecified atom stereocenters. The summed E-state index contributed by atoms with van der Waals surface area (Å²) in [4.78, 5) is 8.10. The lowest BCUT2D eigenvalue weighted by Crippen LogP contribution is -2.27. The van der Waals surface area contributed by atoms with Gasteiger partial charge in [-0.1, -0.05) is 6.07 Å². The predicted octanol–water partition coefficient (Wildman–Crippen LogP) is 1.19. The zero-order valence-electron chi connectivity index (χ0n) is 11.3. The van der Waals surface area contributed by atoms with Gasteiger partial charge in [-0.2, -0.15) is 4.31 Å². The molecule has 0 fully saturated rings. The first-order valence-corrected chi connectivity index (χ1v) is 7.44. The second-order valence-corrected chi connectivity index (χ2v) is 6.43. The molecule has 0 radical (unpaired) electrons. The first-order chi connectivity index (χ1) is 9.41. The van der Waals surface area contributed by atoms with E-state index in [9.17, 15) is 8.42 Å². The average molecular weight is 292 g/mol. The van der Waals surface area contributed by atoms with Gasteiger partial charge >= 0.3 is 0 Å². The fourth-order valence-corrected chi connectivity index (χ4v) is 2.99. The number of hydrogen-bond donors (Lipinski definition) is 1. The van der Waals surface area contributed by atoms with Crippen LogP contribution in [0.3, 0.4) is 0 Å². The van der Waals surface area contributed by atoms with Gasteiger partial charge in [0.15, 0.2) is 0 Å². The van der Waals surface area contributed by atoms with Crippen molar-refractivity contribution >= 4 is 15.8 Å². The molecule has 2 aromatic heterocycles. The Bertz CT molecular complexity index is 716. The first-order valence-electron chi connectivity index (χ1n) is 6.00. The van der Waals surface area contributed by atoms with Crippen molar-refractivity contribution in [1.82, 2.24) is 14.3 Å². The molecule has 7 heteroatoms. The third kappa shape index (κ3) is 2.94. The second kappa shape index (κ2) is 5.56. The number of aryl methyl sites for hydroxylation is 1. The van der Waals surface area contributed by atoms with Crippen LogP contribution in [-0.2, 0) is 16.6 Å². The number of sulfonamides is 1. The quantitative estimate of drug-likeness (QED) is 0.914. The minimum atomic E-state index is -3.67. The van der Waals surface area contributed by atoms with Crippen LogP contribution in [0.5, 0.6) is 0 Å². The molecular weight excluding hydrogens is 276 g/mol. The smallest absolute Gasteiger partial charge is 0.246 e. The molecule has 0 amide bonds. The Morgan fingerprint density at radius 1 is 1.25 bits per heavy atom. The number of anilines is 1. The van der Waals surface area contributed by atoms with Crippen molar-refractivity contribution in [2.75, 3.05) is 12.8 Å². The summed E-state index contributed by atoms with van der Waals surface area (Å²) in [6.45, 7) is 2.04. The Hall–Kier alpha value is -1.99. The van der Waals surface area contributed by atoms with E-state index in [0.29, 0.717) is 5.69 Å². The minimum Gasteiger partial charge on any atom is -0.383 e. The maximum absolute atomic E-state index is 12.4. The lowest BCUT2D eigenvalue weighted by Gasteiger charge is -2.17. The second-order valence-electron chi connectivity index (χ2n) is 4.42. The van der Waals surface area contributed by atoms with Gasteiger partial charge in [0, 0.05) is 18.9 Å². The Morgan fingerprint density at radius 2 is 2.00 bits per heavy atom. The van der Waals surface area contributed by atoms with E-state index in [-0.39, 0.29) is 17.3 Å². The predicted molar refractivity (Wildman–Crippen MR) is 76.3 cm³/mol. The summed E-state index contributed by atoms with van der Waals surface area (Å²) in [5, 5.41) is 0. The summed E-state index contributed by atoms with van der Waals surface area (Å²) in [5.41, 5.74) is 7.15. The largest absolute Gasteiger partial charge is 0.383 e. The Kier molecular flexibility index (Phi) is 4.01. The summed E-state index contributed by atoms with van der Waals surface area (Å²) in [7, 11) is -2.18. The van der Waals surface area contributed by atoms with Gasteiger partial charge in [-0.25, -0.2) is 13.4 Å². The van der Waals surface area contributed by atoms with Crippen molar-refractivity contribution in [3.63, 3.8) is 0 Å². The summed E-state index contributed by atoms with van der Waals surface area (Å²) in [6.07, 6.45) is 1.45. The number of nitrogens with zero attached hydrogens (tertiary/aromatic N) is 3. The van der Waals surface area contributed by atoms with E-state index in [4.69, 9.17) is 5.73 Å². The van der Waals surface area contributed by atoms with Gasteiger partial charge in [0.2, 0.25) is 10.0 Å². The van der Waals surface area contributed by atoms with Crippen LogP contribution in [0, 0.1) is 6.92 Å². The lowest BCUT2D eigenvalue weighted by atomic mass is 10.3. The van der Waals surface area contributed by atoms with Gasteiger partial charge in [0.25, 0.3) is 0 Å². The summed E-state index contributed by atoms with van der Waals surface area (Å²) in [6, 6.07) is 8.47. The van der Waals surface area contributed by atoms with Crippen LogP contribution in [-0.4, -0.2) is 29.7 Å². The molecule has 0 saturated carbocycles.